The van der Waals surface area contributed by atoms with E-state index in [1.807, 2.05) is 129 Å². The van der Waals surface area contributed by atoms with E-state index in [1.165, 1.54) is 62.5 Å². The first kappa shape index (κ1) is 105. The number of carbonyl (C=O) groups excluding carboxylic acids is 5. The van der Waals surface area contributed by atoms with Gasteiger partial charge in [-0.05, 0) is 287 Å². The summed E-state index contributed by atoms with van der Waals surface area (Å²) in [4.78, 5) is 111. The molecule has 0 unspecified atom stereocenters. The molecule has 1 N–H and O–H groups in total. The first-order chi connectivity index (χ1) is 65.0. The van der Waals surface area contributed by atoms with E-state index in [0.717, 1.165) is 255 Å². The second-order valence-electron chi connectivity index (χ2n) is 39.5. The average Bonchev–Trinajstić information content (AvgIpc) is 0.822. The van der Waals surface area contributed by atoms with Gasteiger partial charge in [0.05, 0.1) is 5.56 Å². The smallest absolute Gasteiger partial charge is 0.335 e. The van der Waals surface area contributed by atoms with E-state index in [0.29, 0.717) is 60.4 Å². The maximum atomic E-state index is 14.0. The van der Waals surface area contributed by atoms with Gasteiger partial charge in [0.25, 0.3) is 29.5 Å². The van der Waals surface area contributed by atoms with Crippen molar-refractivity contribution in [2.75, 3.05) is 85.1 Å². The van der Waals surface area contributed by atoms with Crippen LogP contribution in [0.15, 0.2) is 201 Å². The molecule has 0 radical (unpaired) electrons. The fraction of sp³-hybridized carbons (Fsp3) is 0.496. The molecular formula is C117H155N11O7. The number of pyridine rings is 3. The number of hydrogen-bond donors (Lipinski definition) is 1. The van der Waals surface area contributed by atoms with Gasteiger partial charge < -0.3 is 44.3 Å². The second kappa shape index (κ2) is 54.1. The summed E-state index contributed by atoms with van der Waals surface area (Å²) in [6.45, 7) is 37.0. The van der Waals surface area contributed by atoms with Gasteiger partial charge in [-0.2, -0.15) is 0 Å². The van der Waals surface area contributed by atoms with Gasteiger partial charge in [-0.3, -0.25) is 33.9 Å². The number of aromatic carboxylic acids is 1. The highest BCUT2D eigenvalue weighted by Crippen LogP contribution is 2.32. The number of rotatable bonds is 36. The van der Waals surface area contributed by atoms with Crippen molar-refractivity contribution in [2.45, 2.75) is 269 Å². The van der Waals surface area contributed by atoms with E-state index >= 15 is 0 Å². The minimum atomic E-state index is -0.928. The number of benzene rings is 6. The Morgan fingerprint density at radius 1 is 0.363 bits per heavy atom. The number of unbranched alkanes of at least 4 members (excludes halogenated alkanes) is 5. The molecule has 18 nitrogen and oxygen atoms in total. The lowest BCUT2D eigenvalue weighted by atomic mass is 9.98. The number of likely N-dealkylation sites (tertiary alicyclic amines) is 5. The van der Waals surface area contributed by atoms with Crippen LogP contribution in [0.5, 0.6) is 0 Å². The third-order valence-electron chi connectivity index (χ3n) is 27.7. The van der Waals surface area contributed by atoms with E-state index < -0.39 is 5.97 Å². The SMILES string of the molecule is C.CCCC#Cc1ccc(C(=O)N(Cc2ccc(-c3ccc(C(=O)N4CCC(C)CC4)cc3)cc2)C2CCN(CCC(C)C)CC2)nc1.CCCCCc1ccc(C(=O)N(Cc2ccc(-c3ccc(C(=O)N4CCCCC4)cc3)cc2)C2CCN(CCC(C)C)CC2)nc1.CCCCCc1ccc(C(=O)N(Cc2ccc(-c3ccc(C(=O)O)cc3)cc2)C2CCN(CCC(C)C)CC2)nc1. The zero-order valence-corrected chi connectivity index (χ0v) is 82.2. The molecule has 3 aromatic heterocycles. The van der Waals surface area contributed by atoms with E-state index in [-0.39, 0.29) is 60.7 Å². The summed E-state index contributed by atoms with van der Waals surface area (Å²) in [7, 11) is 0. The van der Waals surface area contributed by atoms with Crippen molar-refractivity contribution in [3.05, 3.63) is 268 Å². The average molecular weight is 1830 g/mol. The Morgan fingerprint density at radius 2 is 0.674 bits per heavy atom. The first-order valence-electron chi connectivity index (χ1n) is 50.9. The predicted octanol–water partition coefficient (Wildman–Crippen LogP) is 24.2. The molecule has 0 atom stereocenters. The van der Waals surface area contributed by atoms with Gasteiger partial charge >= 0.3 is 5.97 Å². The molecule has 0 bridgehead atoms. The van der Waals surface area contributed by atoms with E-state index in [4.69, 9.17) is 0 Å². The van der Waals surface area contributed by atoms with E-state index in [1.54, 1.807) is 18.3 Å². The van der Waals surface area contributed by atoms with Crippen molar-refractivity contribution in [1.29, 1.82) is 0 Å². The summed E-state index contributed by atoms with van der Waals surface area (Å²) in [5.41, 5.74) is 16.2. The third kappa shape index (κ3) is 32.1. The lowest BCUT2D eigenvalue weighted by Crippen LogP contribution is -2.47. The van der Waals surface area contributed by atoms with Crippen molar-refractivity contribution in [3.63, 3.8) is 0 Å². The molecule has 5 saturated heterocycles. The van der Waals surface area contributed by atoms with Gasteiger partial charge in [0, 0.05) is 145 Å². The van der Waals surface area contributed by atoms with Gasteiger partial charge in [-0.15, -0.1) is 0 Å². The highest BCUT2D eigenvalue weighted by Gasteiger charge is 2.34. The fourth-order valence-corrected chi connectivity index (χ4v) is 18.8. The zero-order chi connectivity index (χ0) is 94.7. The van der Waals surface area contributed by atoms with Crippen LogP contribution in [0.25, 0.3) is 33.4 Å². The Bertz CT molecular complexity index is 5150. The normalized spacial score (nSPS) is 15.5. The Balaban J connectivity index is 0.000000194. The van der Waals surface area contributed by atoms with Crippen LogP contribution in [0.4, 0.5) is 0 Å². The van der Waals surface area contributed by atoms with E-state index in [2.05, 4.69) is 188 Å². The van der Waals surface area contributed by atoms with Crippen LogP contribution in [0, 0.1) is 35.5 Å². The Kier molecular flexibility index (Phi) is 41.9. The third-order valence-corrected chi connectivity index (χ3v) is 27.7. The molecule has 18 heteroatoms. The maximum Gasteiger partial charge on any atom is 0.335 e. The summed E-state index contributed by atoms with van der Waals surface area (Å²) >= 11 is 0. The Morgan fingerprint density at radius 3 is 0.970 bits per heavy atom. The van der Waals surface area contributed by atoms with Gasteiger partial charge in [0.2, 0.25) is 0 Å². The Labute approximate surface area is 808 Å². The first-order valence-corrected chi connectivity index (χ1v) is 50.9. The maximum absolute atomic E-state index is 14.0. The summed E-state index contributed by atoms with van der Waals surface area (Å²) < 4.78 is 0. The van der Waals surface area contributed by atoms with Crippen LogP contribution in [0.1, 0.15) is 314 Å². The fourth-order valence-electron chi connectivity index (χ4n) is 18.8. The molecule has 0 saturated carbocycles. The van der Waals surface area contributed by atoms with Crippen molar-refractivity contribution in [3.8, 4) is 45.2 Å². The van der Waals surface area contributed by atoms with Crippen LogP contribution in [0.2, 0.25) is 0 Å². The van der Waals surface area contributed by atoms with Crippen LogP contribution < -0.4 is 0 Å². The number of hydrogen-bond acceptors (Lipinski definition) is 12. The topological polar surface area (TPSA) is 187 Å². The van der Waals surface area contributed by atoms with Crippen LogP contribution in [0.3, 0.4) is 0 Å². The van der Waals surface area contributed by atoms with Gasteiger partial charge in [-0.1, -0.05) is 236 Å². The van der Waals surface area contributed by atoms with Gasteiger partial charge in [0.15, 0.2) is 0 Å². The molecule has 720 valence electrons. The largest absolute Gasteiger partial charge is 0.478 e. The molecular weight excluding hydrogens is 1670 g/mol. The highest BCUT2D eigenvalue weighted by molar-refractivity contribution is 5.97. The lowest BCUT2D eigenvalue weighted by molar-refractivity contribution is 0.0534. The molecule has 5 aliphatic rings. The van der Waals surface area contributed by atoms with Gasteiger partial charge in [-0.25, -0.2) is 9.78 Å². The van der Waals surface area contributed by atoms with Gasteiger partial charge in [0.1, 0.15) is 17.1 Å². The molecule has 0 spiro atoms. The molecule has 0 aliphatic carbocycles. The molecule has 5 aliphatic heterocycles. The van der Waals surface area contributed by atoms with Crippen molar-refractivity contribution in [2.24, 2.45) is 23.7 Å². The second-order valence-corrected chi connectivity index (χ2v) is 39.5. The number of aromatic nitrogens is 3. The number of aryl methyl sites for hydroxylation is 2. The molecule has 14 rings (SSSR count). The Hall–Kier alpha value is -11.0. The van der Waals surface area contributed by atoms with E-state index in [9.17, 15) is 33.9 Å². The number of carboxylic acid groups (broad SMARTS) is 1. The molecule has 8 heterocycles. The van der Waals surface area contributed by atoms with Crippen LogP contribution in [-0.2, 0) is 32.5 Å². The molecule has 5 amide bonds. The minimum Gasteiger partial charge on any atom is -0.478 e. The van der Waals surface area contributed by atoms with Crippen LogP contribution in [-0.4, -0.2) is 198 Å². The number of amides is 5. The molecule has 9 aromatic rings. The van der Waals surface area contributed by atoms with Crippen molar-refractivity contribution in [1.82, 2.24) is 54.2 Å². The lowest BCUT2D eigenvalue weighted by Gasteiger charge is -2.38. The molecule has 5 fully saturated rings. The summed E-state index contributed by atoms with van der Waals surface area (Å²) in [6, 6.07) is 60.4. The summed E-state index contributed by atoms with van der Waals surface area (Å²) in [5.74, 6) is 8.44. The number of carboxylic acids is 1. The zero-order valence-electron chi connectivity index (χ0n) is 82.2. The van der Waals surface area contributed by atoms with Crippen molar-refractivity contribution >= 4 is 35.5 Å². The van der Waals surface area contributed by atoms with Crippen molar-refractivity contribution < 1.29 is 33.9 Å². The number of nitrogens with zero attached hydrogens (tertiary/aromatic N) is 11. The van der Waals surface area contributed by atoms with Crippen LogP contribution >= 0.6 is 0 Å². The quantitative estimate of drug-likeness (QED) is 0.0289. The highest BCUT2D eigenvalue weighted by atomic mass is 16.4. The standard InChI is InChI=1S/C41H52N4O2.C40H54N4O2.C35H45N3O3.CH4/c1-5-6-7-8-33-11-18-39(42-29-33)41(47)45(38-22-25-43(26-23-38)24-19-31(2)3)30-34-9-12-35(13-10-34)36-14-16-37(17-15-36)40(46)44-27-20-32(4)21-28-44;1-4-5-7-10-32-13-20-38(41-29-32)40(46)44(37-22-27-42(28-23-37)26-21-31(2)3)30-33-11-14-34(15-12-33)35-16-18-36(19-17-35)39(45)43-24-8-6-9-25-43;1-4-5-6-7-27-10-17-33(36-24-27)34(39)38(32-19-22-37(23-20-32)21-18-26(2)3)25-28-8-11-29(12-9-28)30-13-15-31(16-14-30)35(40)41;/h9-18,29,31-32,38H,5-6,19-28,30H2,1-4H3;11-20,29,31,37H,4-10,21-28,30H2,1-3H3;8-17,24,26,32H,4-7,18-23,25H2,1-3H3,(H,40,41);1H4. The monoisotopic (exact) mass is 1830 g/mol. The summed E-state index contributed by atoms with van der Waals surface area (Å²) in [5, 5.41) is 9.18. The molecule has 135 heavy (non-hydrogen) atoms. The minimum absolute atomic E-state index is 0. The predicted molar refractivity (Wildman–Crippen MR) is 551 cm³/mol. The molecule has 6 aromatic carbocycles. The number of carbonyl (C=O) groups is 6. The summed E-state index contributed by atoms with van der Waals surface area (Å²) in [6.07, 6.45) is 31.5. The number of piperidine rings is 5.